The predicted molar refractivity (Wildman–Crippen MR) is 103 cm³/mol. The molecule has 0 aromatic heterocycles. The second-order valence-corrected chi connectivity index (χ2v) is 7.12. The lowest BCUT2D eigenvalue weighted by molar-refractivity contribution is 0.498. The molecule has 6 heteroatoms. The number of rotatable bonds is 5. The highest BCUT2D eigenvalue weighted by Gasteiger charge is 2.27. The molecular formula is C19H18N3O2P. The minimum Gasteiger partial charge on any atom is -0.334 e. The number of anilines is 2. The Balaban J connectivity index is 1.95. The standard InChI is InChI=1S/C19H18N3O2P/c23-25(24,22-18-14-8-3-9-15-18)19(20-16-10-4-1-5-11-16)21-17-12-6-2-7-13-17/h1-15H,(H,20,21)(H2,22,23,24). The summed E-state index contributed by atoms with van der Waals surface area (Å²) in [5, 5.41) is 5.64. The van der Waals surface area contributed by atoms with Crippen molar-refractivity contribution in [1.29, 1.82) is 0 Å². The van der Waals surface area contributed by atoms with Crippen LogP contribution in [0.1, 0.15) is 0 Å². The van der Waals surface area contributed by atoms with Crippen molar-refractivity contribution in [1.82, 2.24) is 0 Å². The van der Waals surface area contributed by atoms with Crippen LogP contribution < -0.4 is 10.4 Å². The van der Waals surface area contributed by atoms with E-state index in [1.807, 2.05) is 54.6 Å². The summed E-state index contributed by atoms with van der Waals surface area (Å²) in [5.41, 5.74) is 1.78. The second-order valence-electron chi connectivity index (χ2n) is 5.32. The van der Waals surface area contributed by atoms with E-state index < -0.39 is 7.52 Å². The molecule has 0 bridgehead atoms. The summed E-state index contributed by atoms with van der Waals surface area (Å²) in [5.74, 6) is 0. The van der Waals surface area contributed by atoms with Crippen LogP contribution in [0.5, 0.6) is 0 Å². The van der Waals surface area contributed by atoms with Crippen LogP contribution in [-0.2, 0) is 4.57 Å². The molecule has 3 aromatic carbocycles. The van der Waals surface area contributed by atoms with Crippen molar-refractivity contribution >= 4 is 30.2 Å². The first-order valence-electron chi connectivity index (χ1n) is 7.76. The molecule has 0 spiro atoms. The van der Waals surface area contributed by atoms with E-state index in [2.05, 4.69) is 15.4 Å². The summed E-state index contributed by atoms with van der Waals surface area (Å²) in [6.45, 7) is 0. The number of nitrogens with one attached hydrogen (secondary N) is 2. The minimum atomic E-state index is -3.97. The van der Waals surface area contributed by atoms with Gasteiger partial charge in [0.25, 0.3) is 0 Å². The Hall–Kier alpha value is -2.88. The average Bonchev–Trinajstić information content (AvgIpc) is 2.63. The van der Waals surface area contributed by atoms with Gasteiger partial charge in [-0.1, -0.05) is 54.6 Å². The molecule has 5 nitrogen and oxygen atoms in total. The fourth-order valence-corrected chi connectivity index (χ4v) is 3.32. The highest BCUT2D eigenvalue weighted by Crippen LogP contribution is 2.43. The molecule has 0 heterocycles. The molecule has 3 rings (SSSR count). The fourth-order valence-electron chi connectivity index (χ4n) is 2.19. The monoisotopic (exact) mass is 351 g/mol. The van der Waals surface area contributed by atoms with Gasteiger partial charge in [0, 0.05) is 11.4 Å². The van der Waals surface area contributed by atoms with E-state index in [1.54, 1.807) is 36.4 Å². The first-order valence-corrected chi connectivity index (χ1v) is 9.42. The van der Waals surface area contributed by atoms with Crippen molar-refractivity contribution in [3.8, 4) is 0 Å². The zero-order valence-corrected chi connectivity index (χ0v) is 14.3. The lowest BCUT2D eigenvalue weighted by Crippen LogP contribution is -2.16. The van der Waals surface area contributed by atoms with Gasteiger partial charge in [0.05, 0.1) is 5.69 Å². The van der Waals surface area contributed by atoms with Gasteiger partial charge in [-0.2, -0.15) is 0 Å². The topological polar surface area (TPSA) is 73.7 Å². The zero-order valence-electron chi connectivity index (χ0n) is 13.4. The van der Waals surface area contributed by atoms with Crippen LogP contribution in [0.15, 0.2) is 96.0 Å². The molecule has 0 saturated heterocycles. The molecule has 0 fully saturated rings. The lowest BCUT2D eigenvalue weighted by atomic mass is 10.3. The SMILES string of the molecule is O=P(O)(Nc1ccccc1)C(=Nc1ccccc1)Nc1ccccc1. The summed E-state index contributed by atoms with van der Waals surface area (Å²) in [7, 11) is -3.97. The summed E-state index contributed by atoms with van der Waals surface area (Å²) in [6.07, 6.45) is 0. The quantitative estimate of drug-likeness (QED) is 0.340. The van der Waals surface area contributed by atoms with Gasteiger partial charge in [0.2, 0.25) is 5.58 Å². The van der Waals surface area contributed by atoms with Crippen molar-refractivity contribution in [2.24, 2.45) is 4.99 Å². The molecule has 3 N–H and O–H groups in total. The highest BCUT2D eigenvalue weighted by atomic mass is 31.2. The molecule has 0 aliphatic rings. The summed E-state index contributed by atoms with van der Waals surface area (Å²) in [6, 6.07) is 27.1. The number of hydrogen-bond donors (Lipinski definition) is 3. The van der Waals surface area contributed by atoms with E-state index >= 15 is 0 Å². The Kier molecular flexibility index (Phi) is 5.29. The molecule has 0 amide bonds. The van der Waals surface area contributed by atoms with Crippen LogP contribution in [0.4, 0.5) is 17.1 Å². The van der Waals surface area contributed by atoms with Crippen LogP contribution in [0.2, 0.25) is 0 Å². The maximum absolute atomic E-state index is 12.9. The minimum absolute atomic E-state index is 0.0336. The van der Waals surface area contributed by atoms with Gasteiger partial charge in [0.1, 0.15) is 0 Å². The second kappa shape index (κ2) is 7.79. The summed E-state index contributed by atoms with van der Waals surface area (Å²) < 4.78 is 12.9. The molecule has 0 radical (unpaired) electrons. The average molecular weight is 351 g/mol. The molecule has 0 aliphatic carbocycles. The smallest absolute Gasteiger partial charge is 0.334 e. The highest BCUT2D eigenvalue weighted by molar-refractivity contribution is 7.77. The molecule has 126 valence electrons. The molecule has 3 aromatic rings. The van der Waals surface area contributed by atoms with Gasteiger partial charge in [-0.25, -0.2) is 4.99 Å². The van der Waals surface area contributed by atoms with E-state index in [9.17, 15) is 9.46 Å². The van der Waals surface area contributed by atoms with Gasteiger partial charge >= 0.3 is 7.52 Å². The van der Waals surface area contributed by atoms with Gasteiger partial charge in [-0.15, -0.1) is 0 Å². The number of nitrogens with zero attached hydrogens (tertiary/aromatic N) is 1. The molecule has 25 heavy (non-hydrogen) atoms. The Morgan fingerprint density at radius 3 is 1.80 bits per heavy atom. The van der Waals surface area contributed by atoms with Crippen LogP contribution in [0.25, 0.3) is 0 Å². The third-order valence-electron chi connectivity index (χ3n) is 3.36. The number of para-hydroxylation sites is 3. The van der Waals surface area contributed by atoms with Crippen molar-refractivity contribution in [3.63, 3.8) is 0 Å². The van der Waals surface area contributed by atoms with Crippen molar-refractivity contribution in [3.05, 3.63) is 91.0 Å². The molecule has 0 saturated carbocycles. The van der Waals surface area contributed by atoms with Crippen molar-refractivity contribution in [2.45, 2.75) is 0 Å². The van der Waals surface area contributed by atoms with E-state index in [4.69, 9.17) is 0 Å². The lowest BCUT2D eigenvalue weighted by Gasteiger charge is -2.18. The zero-order chi connectivity index (χ0) is 17.5. The summed E-state index contributed by atoms with van der Waals surface area (Å²) >= 11 is 0. The number of hydrogen-bond acceptors (Lipinski definition) is 2. The largest absolute Gasteiger partial charge is 0.356 e. The Morgan fingerprint density at radius 2 is 1.24 bits per heavy atom. The number of amidine groups is 1. The van der Waals surface area contributed by atoms with Crippen molar-refractivity contribution in [2.75, 3.05) is 10.4 Å². The van der Waals surface area contributed by atoms with Crippen LogP contribution >= 0.6 is 7.52 Å². The first kappa shape index (κ1) is 17.0. The van der Waals surface area contributed by atoms with Gasteiger partial charge in [-0.3, -0.25) is 4.57 Å². The molecule has 1 atom stereocenters. The third kappa shape index (κ3) is 4.80. The van der Waals surface area contributed by atoms with E-state index in [0.29, 0.717) is 17.1 Å². The maximum Gasteiger partial charge on any atom is 0.356 e. The van der Waals surface area contributed by atoms with Crippen molar-refractivity contribution < 1.29 is 9.46 Å². The van der Waals surface area contributed by atoms with E-state index in [-0.39, 0.29) is 5.58 Å². The molecular weight excluding hydrogens is 333 g/mol. The summed E-state index contributed by atoms with van der Waals surface area (Å²) in [4.78, 5) is 15.0. The maximum atomic E-state index is 12.9. The van der Waals surface area contributed by atoms with Gasteiger partial charge in [0.15, 0.2) is 0 Å². The normalized spacial score (nSPS) is 13.7. The Bertz CT molecular complexity index is 884. The van der Waals surface area contributed by atoms with Gasteiger partial charge in [-0.05, 0) is 36.4 Å². The molecule has 0 aliphatic heterocycles. The number of aliphatic imine (C=N–C) groups is 1. The molecule has 1 unspecified atom stereocenters. The van der Waals surface area contributed by atoms with Crippen LogP contribution in [-0.4, -0.2) is 10.5 Å². The third-order valence-corrected chi connectivity index (χ3v) is 4.71. The Labute approximate surface area is 146 Å². The van der Waals surface area contributed by atoms with Crippen LogP contribution in [0, 0.1) is 0 Å². The predicted octanol–water partition coefficient (Wildman–Crippen LogP) is 5.08. The van der Waals surface area contributed by atoms with E-state index in [0.717, 1.165) is 0 Å². The fraction of sp³-hybridized carbons (Fsp3) is 0. The number of benzene rings is 3. The van der Waals surface area contributed by atoms with E-state index in [1.165, 1.54) is 0 Å². The van der Waals surface area contributed by atoms with Gasteiger partial charge < -0.3 is 15.3 Å². The first-order chi connectivity index (χ1) is 12.1. The van der Waals surface area contributed by atoms with Crippen LogP contribution in [0.3, 0.4) is 0 Å². The Morgan fingerprint density at radius 1 is 0.760 bits per heavy atom.